The summed E-state index contributed by atoms with van der Waals surface area (Å²) in [5.74, 6) is 0. The van der Waals surface area contributed by atoms with Gasteiger partial charge in [-0.25, -0.2) is 9.79 Å². The number of nitrogens with zero attached hydrogens (tertiary/aromatic N) is 1. The summed E-state index contributed by atoms with van der Waals surface area (Å²) < 4.78 is 6.34. The van der Waals surface area contributed by atoms with Gasteiger partial charge in [0.15, 0.2) is 0 Å². The number of aliphatic imine (C=N–C) groups is 1. The van der Waals surface area contributed by atoms with Crippen LogP contribution < -0.4 is 5.32 Å². The molecule has 1 N–H and O–H groups in total. The van der Waals surface area contributed by atoms with Gasteiger partial charge < -0.3 is 10.1 Å². The Balaban J connectivity index is 0.00000134. The average molecular weight is 431 g/mol. The Bertz CT molecular complexity index is 583. The standard InChI is InChI=1S/C15H19BrN2O2S.2C2H6/c1-15(2,3)20-14(19)18-12-8-9-7-10(16)5-6-11(9)17-13(12)21-4;2*1-2/h5-7,12H,8H2,1-4H3,(H,18,19);2*1-2H3. The van der Waals surface area contributed by atoms with E-state index in [2.05, 4.69) is 26.2 Å². The van der Waals surface area contributed by atoms with Gasteiger partial charge in [0.2, 0.25) is 0 Å². The van der Waals surface area contributed by atoms with Crippen LogP contribution in [0.4, 0.5) is 10.5 Å². The molecule has 2 rings (SSSR count). The first-order valence-corrected chi connectivity index (χ1v) is 10.7. The van der Waals surface area contributed by atoms with Crippen LogP contribution in [0.25, 0.3) is 0 Å². The molecule has 0 aliphatic carbocycles. The highest BCUT2D eigenvalue weighted by Gasteiger charge is 2.26. The van der Waals surface area contributed by atoms with Gasteiger partial charge in [-0.2, -0.15) is 0 Å². The number of benzene rings is 1. The van der Waals surface area contributed by atoms with E-state index in [1.807, 2.05) is 72.9 Å². The summed E-state index contributed by atoms with van der Waals surface area (Å²) in [5, 5.41) is 3.81. The van der Waals surface area contributed by atoms with Crippen molar-refractivity contribution in [1.82, 2.24) is 5.32 Å². The smallest absolute Gasteiger partial charge is 0.408 e. The molecule has 1 heterocycles. The van der Waals surface area contributed by atoms with Gasteiger partial charge in [-0.3, -0.25) is 0 Å². The molecule has 0 spiro atoms. The molecule has 25 heavy (non-hydrogen) atoms. The summed E-state index contributed by atoms with van der Waals surface area (Å²) >= 11 is 5.02. The number of hydrogen-bond acceptors (Lipinski definition) is 4. The molecule has 0 saturated carbocycles. The zero-order valence-electron chi connectivity index (χ0n) is 16.6. The first-order chi connectivity index (χ1) is 11.8. The van der Waals surface area contributed by atoms with Gasteiger partial charge in [0.25, 0.3) is 0 Å². The Hall–Kier alpha value is -1.01. The fourth-order valence-corrected chi connectivity index (χ4v) is 3.11. The minimum atomic E-state index is -0.504. The van der Waals surface area contributed by atoms with Gasteiger partial charge in [0.1, 0.15) is 5.60 Å². The second kappa shape index (κ2) is 11.6. The monoisotopic (exact) mass is 430 g/mol. The van der Waals surface area contributed by atoms with Crippen molar-refractivity contribution < 1.29 is 9.53 Å². The number of fused-ring (bicyclic) bond motifs is 1. The first kappa shape index (κ1) is 24.0. The Morgan fingerprint density at radius 3 is 2.40 bits per heavy atom. The van der Waals surface area contributed by atoms with Crippen LogP contribution in [0.2, 0.25) is 0 Å². The lowest BCUT2D eigenvalue weighted by Crippen LogP contribution is -2.44. The van der Waals surface area contributed by atoms with E-state index >= 15 is 0 Å². The maximum atomic E-state index is 12.0. The zero-order chi connectivity index (χ0) is 19.6. The van der Waals surface area contributed by atoms with E-state index in [0.717, 1.165) is 20.8 Å². The van der Waals surface area contributed by atoms with Crippen LogP contribution in [0, 0.1) is 0 Å². The summed E-state index contributed by atoms with van der Waals surface area (Å²) in [4.78, 5) is 16.6. The van der Waals surface area contributed by atoms with E-state index < -0.39 is 11.7 Å². The van der Waals surface area contributed by atoms with Crippen LogP contribution in [0.1, 0.15) is 54.0 Å². The second-order valence-corrected chi connectivity index (χ2v) is 7.57. The van der Waals surface area contributed by atoms with Crippen molar-refractivity contribution in [3.05, 3.63) is 28.2 Å². The number of hydrogen-bond donors (Lipinski definition) is 1. The van der Waals surface area contributed by atoms with E-state index in [4.69, 9.17) is 4.74 Å². The fourth-order valence-electron chi connectivity index (χ4n) is 2.08. The van der Waals surface area contributed by atoms with Crippen molar-refractivity contribution in [3.63, 3.8) is 0 Å². The molecule has 4 nitrogen and oxygen atoms in total. The van der Waals surface area contributed by atoms with E-state index in [0.29, 0.717) is 6.42 Å². The number of alkyl carbamates (subject to hydrolysis) is 1. The van der Waals surface area contributed by atoms with E-state index in [1.165, 1.54) is 0 Å². The third-order valence-corrected chi connectivity index (χ3v) is 4.18. The molecule has 1 atom stereocenters. The topological polar surface area (TPSA) is 50.7 Å². The van der Waals surface area contributed by atoms with Gasteiger partial charge >= 0.3 is 6.09 Å². The Labute approximate surface area is 165 Å². The number of thioether (sulfide) groups is 1. The minimum Gasteiger partial charge on any atom is -0.444 e. The summed E-state index contributed by atoms with van der Waals surface area (Å²) in [5.41, 5.74) is 1.57. The SMILES string of the molecule is CC.CC.CSC1=Nc2ccc(Br)cc2CC1NC(=O)OC(C)(C)C. The molecule has 1 amide bonds. The van der Waals surface area contributed by atoms with E-state index in [9.17, 15) is 4.79 Å². The van der Waals surface area contributed by atoms with Gasteiger partial charge in [0, 0.05) is 10.9 Å². The predicted octanol–water partition coefficient (Wildman–Crippen LogP) is 6.34. The Kier molecular flexibility index (Phi) is 11.1. The molecule has 142 valence electrons. The molecule has 0 aromatic heterocycles. The highest BCUT2D eigenvalue weighted by atomic mass is 79.9. The maximum absolute atomic E-state index is 12.0. The number of carbonyl (C=O) groups excluding carboxylic acids is 1. The number of rotatable bonds is 1. The molecule has 1 aliphatic rings. The summed E-state index contributed by atoms with van der Waals surface area (Å²) in [6.45, 7) is 13.6. The lowest BCUT2D eigenvalue weighted by Gasteiger charge is -2.27. The molecule has 1 aliphatic heterocycles. The molecule has 0 radical (unpaired) electrons. The first-order valence-electron chi connectivity index (χ1n) is 8.69. The molecular weight excluding hydrogens is 400 g/mol. The molecule has 1 aromatic carbocycles. The normalized spacial score (nSPS) is 15.4. The molecule has 1 aromatic rings. The van der Waals surface area contributed by atoms with Crippen LogP contribution in [0.3, 0.4) is 0 Å². The number of carbonyl (C=O) groups is 1. The zero-order valence-corrected chi connectivity index (χ0v) is 19.0. The van der Waals surface area contributed by atoms with Crippen molar-refractivity contribution in [2.24, 2.45) is 4.99 Å². The van der Waals surface area contributed by atoms with Crippen LogP contribution in [0.15, 0.2) is 27.7 Å². The maximum Gasteiger partial charge on any atom is 0.408 e. The molecular formula is C19H31BrN2O2S. The molecule has 0 saturated heterocycles. The van der Waals surface area contributed by atoms with Crippen LogP contribution >= 0.6 is 27.7 Å². The molecule has 6 heteroatoms. The van der Waals surface area contributed by atoms with E-state index in [-0.39, 0.29) is 6.04 Å². The van der Waals surface area contributed by atoms with Gasteiger partial charge in [-0.1, -0.05) is 43.6 Å². The van der Waals surface area contributed by atoms with Crippen LogP contribution in [0.5, 0.6) is 0 Å². The van der Waals surface area contributed by atoms with Crippen molar-refractivity contribution in [2.45, 2.75) is 66.5 Å². The predicted molar refractivity (Wildman–Crippen MR) is 114 cm³/mol. The number of amides is 1. The van der Waals surface area contributed by atoms with E-state index in [1.54, 1.807) is 11.8 Å². The summed E-state index contributed by atoms with van der Waals surface area (Å²) in [7, 11) is 0. The second-order valence-electron chi connectivity index (χ2n) is 5.83. The number of nitrogens with one attached hydrogen (secondary N) is 1. The van der Waals surface area contributed by atoms with Crippen molar-refractivity contribution in [1.29, 1.82) is 0 Å². The summed E-state index contributed by atoms with van der Waals surface area (Å²) in [6.07, 6.45) is 2.27. The van der Waals surface area contributed by atoms with Crippen LogP contribution in [-0.4, -0.2) is 29.0 Å². The molecule has 1 unspecified atom stereocenters. The van der Waals surface area contributed by atoms with Crippen molar-refractivity contribution >= 4 is 44.5 Å². The molecule has 0 fully saturated rings. The summed E-state index contributed by atoms with van der Waals surface area (Å²) in [6, 6.07) is 5.86. The quantitative estimate of drug-likeness (QED) is 0.564. The average Bonchev–Trinajstić information content (AvgIpc) is 2.56. The third-order valence-electron chi connectivity index (χ3n) is 2.89. The lowest BCUT2D eigenvalue weighted by molar-refractivity contribution is 0.0518. The fraction of sp³-hybridized carbons (Fsp3) is 0.579. The highest BCUT2D eigenvalue weighted by Crippen LogP contribution is 2.31. The van der Waals surface area contributed by atoms with Crippen molar-refractivity contribution in [3.8, 4) is 0 Å². The van der Waals surface area contributed by atoms with Gasteiger partial charge in [-0.15, -0.1) is 11.8 Å². The Morgan fingerprint density at radius 2 is 1.88 bits per heavy atom. The third kappa shape index (κ3) is 8.27. The number of ether oxygens (including phenoxy) is 1. The Morgan fingerprint density at radius 1 is 1.28 bits per heavy atom. The van der Waals surface area contributed by atoms with Gasteiger partial charge in [0.05, 0.1) is 16.8 Å². The lowest BCUT2D eigenvalue weighted by atomic mass is 10.0. The van der Waals surface area contributed by atoms with Gasteiger partial charge in [-0.05, 0) is 50.8 Å². The van der Waals surface area contributed by atoms with Crippen LogP contribution in [-0.2, 0) is 11.2 Å². The number of halogens is 1. The largest absolute Gasteiger partial charge is 0.444 e. The minimum absolute atomic E-state index is 0.142. The highest BCUT2D eigenvalue weighted by molar-refractivity contribution is 9.10. The van der Waals surface area contributed by atoms with Crippen molar-refractivity contribution in [2.75, 3.05) is 6.26 Å². The molecule has 0 bridgehead atoms.